The van der Waals surface area contributed by atoms with Crippen LogP contribution in [0.5, 0.6) is 0 Å². The van der Waals surface area contributed by atoms with E-state index >= 15 is 0 Å². The van der Waals surface area contributed by atoms with Crippen LogP contribution in [-0.2, 0) is 29.0 Å². The summed E-state index contributed by atoms with van der Waals surface area (Å²) >= 11 is 0. The van der Waals surface area contributed by atoms with E-state index in [-0.39, 0.29) is 17.9 Å². The fraction of sp³-hybridized carbons (Fsp3) is 0.467. The lowest BCUT2D eigenvalue weighted by Crippen LogP contribution is -2.50. The van der Waals surface area contributed by atoms with Crippen LogP contribution in [-0.4, -0.2) is 17.9 Å². The van der Waals surface area contributed by atoms with E-state index in [1.165, 1.54) is 36.0 Å². The lowest BCUT2D eigenvalue weighted by atomic mass is 10.0. The number of carbonyl (C=O) groups excluding carboxylic acids is 2. The summed E-state index contributed by atoms with van der Waals surface area (Å²) in [6.45, 7) is 0.680. The molecule has 1 unspecified atom stereocenters. The Morgan fingerprint density at radius 2 is 2.00 bits per heavy atom. The van der Waals surface area contributed by atoms with E-state index in [2.05, 4.69) is 28.8 Å². The van der Waals surface area contributed by atoms with Gasteiger partial charge in [-0.25, -0.2) is 0 Å². The number of amides is 2. The van der Waals surface area contributed by atoms with Crippen molar-refractivity contribution >= 4 is 11.8 Å². The standard InChI is InChI=1S/C15H18N2O2/c18-14-7-6-13(15(19)17-14)16-9-10-4-5-11-2-1-3-12(11)8-10/h4-5,8,13,16H,1-3,6-7,9H2,(H,17,18,19). The van der Waals surface area contributed by atoms with Crippen LogP contribution < -0.4 is 10.6 Å². The van der Waals surface area contributed by atoms with Crippen molar-refractivity contribution in [3.8, 4) is 0 Å². The highest BCUT2D eigenvalue weighted by Gasteiger charge is 2.25. The minimum absolute atomic E-state index is 0.166. The lowest BCUT2D eigenvalue weighted by molar-refractivity contribution is -0.134. The third-order valence-electron chi connectivity index (χ3n) is 3.95. The second kappa shape index (κ2) is 5.13. The molecule has 1 fully saturated rings. The molecule has 1 aliphatic carbocycles. The highest BCUT2D eigenvalue weighted by Crippen LogP contribution is 2.22. The van der Waals surface area contributed by atoms with Crippen LogP contribution in [0.2, 0.25) is 0 Å². The van der Waals surface area contributed by atoms with Gasteiger partial charge in [-0.05, 0) is 42.4 Å². The van der Waals surface area contributed by atoms with Crippen LogP contribution >= 0.6 is 0 Å². The van der Waals surface area contributed by atoms with Crippen LogP contribution in [0.25, 0.3) is 0 Å². The average Bonchev–Trinajstić information content (AvgIpc) is 2.85. The van der Waals surface area contributed by atoms with E-state index in [0.29, 0.717) is 19.4 Å². The van der Waals surface area contributed by atoms with Crippen molar-refractivity contribution < 1.29 is 9.59 Å². The van der Waals surface area contributed by atoms with Gasteiger partial charge in [0.25, 0.3) is 0 Å². The van der Waals surface area contributed by atoms with Crippen molar-refractivity contribution in [3.63, 3.8) is 0 Å². The Kier molecular flexibility index (Phi) is 3.34. The van der Waals surface area contributed by atoms with Crippen molar-refractivity contribution in [2.75, 3.05) is 0 Å². The highest BCUT2D eigenvalue weighted by molar-refractivity contribution is 6.00. The van der Waals surface area contributed by atoms with E-state index in [9.17, 15) is 9.59 Å². The molecular weight excluding hydrogens is 240 g/mol. The van der Waals surface area contributed by atoms with Gasteiger partial charge in [-0.2, -0.15) is 0 Å². The molecule has 0 bridgehead atoms. The first kappa shape index (κ1) is 12.4. The lowest BCUT2D eigenvalue weighted by Gasteiger charge is -2.22. The van der Waals surface area contributed by atoms with Gasteiger partial charge in [-0.3, -0.25) is 14.9 Å². The number of hydrogen-bond acceptors (Lipinski definition) is 3. The molecule has 0 saturated carbocycles. The Morgan fingerprint density at radius 1 is 1.16 bits per heavy atom. The minimum Gasteiger partial charge on any atom is -0.302 e. The summed E-state index contributed by atoms with van der Waals surface area (Å²) in [7, 11) is 0. The molecule has 1 aromatic carbocycles. The van der Waals surface area contributed by atoms with Gasteiger partial charge in [0.2, 0.25) is 11.8 Å². The molecular formula is C15H18N2O2. The number of aryl methyl sites for hydroxylation is 2. The maximum absolute atomic E-state index is 11.6. The number of imide groups is 1. The summed E-state index contributed by atoms with van der Waals surface area (Å²) in [5.41, 5.74) is 4.12. The summed E-state index contributed by atoms with van der Waals surface area (Å²) in [4.78, 5) is 22.7. The Hall–Kier alpha value is -1.68. The summed E-state index contributed by atoms with van der Waals surface area (Å²) in [6.07, 6.45) is 4.63. The summed E-state index contributed by atoms with van der Waals surface area (Å²) in [5, 5.41) is 5.60. The molecule has 2 N–H and O–H groups in total. The maximum atomic E-state index is 11.6. The van der Waals surface area contributed by atoms with E-state index < -0.39 is 0 Å². The fourth-order valence-electron chi connectivity index (χ4n) is 2.86. The number of piperidine rings is 1. The van der Waals surface area contributed by atoms with Gasteiger partial charge in [0.05, 0.1) is 6.04 Å². The second-order valence-corrected chi connectivity index (χ2v) is 5.34. The van der Waals surface area contributed by atoms with E-state index in [1.807, 2.05) is 0 Å². The van der Waals surface area contributed by atoms with Gasteiger partial charge >= 0.3 is 0 Å². The molecule has 1 atom stereocenters. The van der Waals surface area contributed by atoms with Crippen molar-refractivity contribution in [2.45, 2.75) is 44.7 Å². The first-order chi connectivity index (χ1) is 9.22. The number of fused-ring (bicyclic) bond motifs is 1. The molecule has 0 radical (unpaired) electrons. The van der Waals surface area contributed by atoms with Gasteiger partial charge < -0.3 is 5.32 Å². The number of benzene rings is 1. The zero-order valence-electron chi connectivity index (χ0n) is 10.9. The van der Waals surface area contributed by atoms with E-state index in [4.69, 9.17) is 0 Å². The number of hydrogen-bond donors (Lipinski definition) is 2. The van der Waals surface area contributed by atoms with Crippen molar-refractivity contribution in [3.05, 3.63) is 34.9 Å². The quantitative estimate of drug-likeness (QED) is 0.797. The summed E-state index contributed by atoms with van der Waals surface area (Å²) in [6, 6.07) is 6.32. The first-order valence-corrected chi connectivity index (χ1v) is 6.90. The molecule has 0 aromatic heterocycles. The molecule has 0 spiro atoms. The van der Waals surface area contributed by atoms with Crippen LogP contribution in [0.3, 0.4) is 0 Å². The molecule has 3 rings (SSSR count). The third kappa shape index (κ3) is 2.68. The zero-order chi connectivity index (χ0) is 13.2. The molecule has 2 aliphatic rings. The smallest absolute Gasteiger partial charge is 0.243 e. The average molecular weight is 258 g/mol. The monoisotopic (exact) mass is 258 g/mol. The van der Waals surface area contributed by atoms with Crippen LogP contribution in [0.15, 0.2) is 18.2 Å². The predicted octanol–water partition coefficient (Wildman–Crippen LogP) is 1.07. The van der Waals surface area contributed by atoms with Crippen LogP contribution in [0.4, 0.5) is 0 Å². The Bertz CT molecular complexity index is 525. The van der Waals surface area contributed by atoms with Gasteiger partial charge in [0.15, 0.2) is 0 Å². The van der Waals surface area contributed by atoms with E-state index in [1.54, 1.807) is 0 Å². The molecule has 4 nitrogen and oxygen atoms in total. The molecule has 100 valence electrons. The zero-order valence-corrected chi connectivity index (χ0v) is 10.9. The van der Waals surface area contributed by atoms with Crippen LogP contribution in [0.1, 0.15) is 36.0 Å². The van der Waals surface area contributed by atoms with Crippen LogP contribution in [0, 0.1) is 0 Å². The SMILES string of the molecule is O=C1CCC(NCc2ccc3c(c2)CCC3)C(=O)N1. The Balaban J connectivity index is 1.60. The Labute approximate surface area is 112 Å². The van der Waals surface area contributed by atoms with Gasteiger partial charge in [0.1, 0.15) is 0 Å². The normalized spacial score (nSPS) is 22.2. The molecule has 1 saturated heterocycles. The van der Waals surface area contributed by atoms with Crippen molar-refractivity contribution in [1.82, 2.24) is 10.6 Å². The molecule has 1 heterocycles. The predicted molar refractivity (Wildman–Crippen MR) is 71.5 cm³/mol. The van der Waals surface area contributed by atoms with Gasteiger partial charge in [-0.15, -0.1) is 0 Å². The second-order valence-electron chi connectivity index (χ2n) is 5.34. The summed E-state index contributed by atoms with van der Waals surface area (Å²) in [5.74, 6) is -0.363. The molecule has 1 aliphatic heterocycles. The maximum Gasteiger partial charge on any atom is 0.243 e. The molecule has 19 heavy (non-hydrogen) atoms. The Morgan fingerprint density at radius 3 is 2.84 bits per heavy atom. The van der Waals surface area contributed by atoms with Crippen molar-refractivity contribution in [1.29, 1.82) is 0 Å². The largest absolute Gasteiger partial charge is 0.302 e. The van der Waals surface area contributed by atoms with E-state index in [0.717, 1.165) is 0 Å². The van der Waals surface area contributed by atoms with Crippen molar-refractivity contribution in [2.24, 2.45) is 0 Å². The minimum atomic E-state index is -0.244. The molecule has 1 aromatic rings. The number of nitrogens with one attached hydrogen (secondary N) is 2. The van der Waals surface area contributed by atoms with Gasteiger partial charge in [-0.1, -0.05) is 18.2 Å². The third-order valence-corrected chi connectivity index (χ3v) is 3.95. The molecule has 2 amide bonds. The topological polar surface area (TPSA) is 58.2 Å². The van der Waals surface area contributed by atoms with Gasteiger partial charge in [0, 0.05) is 13.0 Å². The number of carbonyl (C=O) groups is 2. The molecule has 4 heteroatoms. The summed E-state index contributed by atoms with van der Waals surface area (Å²) < 4.78 is 0. The fourth-order valence-corrected chi connectivity index (χ4v) is 2.86. The number of rotatable bonds is 3. The highest BCUT2D eigenvalue weighted by atomic mass is 16.2. The first-order valence-electron chi connectivity index (χ1n) is 6.90.